The number of nitro benzene ring substituents is 1. The summed E-state index contributed by atoms with van der Waals surface area (Å²) >= 11 is 0. The maximum atomic E-state index is 11.8. The molecule has 9 heteroatoms. The minimum Gasteiger partial charge on any atom is -0.490 e. The number of hydrogen-bond donors (Lipinski definition) is 2. The molecule has 0 bridgehead atoms. The number of anilines is 1. The Hall–Kier alpha value is -2.84. The molecule has 1 saturated heterocycles. The van der Waals surface area contributed by atoms with E-state index in [1.807, 2.05) is 0 Å². The second-order valence-corrected chi connectivity index (χ2v) is 4.51. The van der Waals surface area contributed by atoms with Crippen molar-refractivity contribution in [2.75, 3.05) is 25.5 Å². The number of urea groups is 1. The van der Waals surface area contributed by atoms with Crippen LogP contribution in [0.3, 0.4) is 0 Å². The molecule has 112 valence electrons. The number of carboxylic acids is 1. The third-order valence-corrected chi connectivity index (χ3v) is 3.14. The molecule has 0 unspecified atom stereocenters. The van der Waals surface area contributed by atoms with E-state index in [4.69, 9.17) is 9.84 Å². The summed E-state index contributed by atoms with van der Waals surface area (Å²) in [7, 11) is 1.31. The van der Waals surface area contributed by atoms with Gasteiger partial charge >= 0.3 is 17.7 Å². The van der Waals surface area contributed by atoms with Crippen LogP contribution in [0.15, 0.2) is 18.2 Å². The predicted molar refractivity (Wildman–Crippen MR) is 71.4 cm³/mol. The number of likely N-dealkylation sites (tertiary alicyclic amines) is 1. The van der Waals surface area contributed by atoms with Crippen LogP contribution in [0.25, 0.3) is 0 Å². The summed E-state index contributed by atoms with van der Waals surface area (Å²) in [5.41, 5.74) is -0.0198. The molecule has 0 atom stereocenters. The zero-order valence-corrected chi connectivity index (χ0v) is 11.1. The standard InChI is InChI=1S/C12H13N3O6/c1-21-10-3-2-8(4-9(10)15(19)20)13-12(18)14-5-7(6-14)11(16)17/h2-4,7H,5-6H2,1H3,(H,13,18)(H,16,17). The normalized spacial score (nSPS) is 14.2. The smallest absolute Gasteiger partial charge is 0.321 e. The fourth-order valence-corrected chi connectivity index (χ4v) is 1.91. The predicted octanol–water partition coefficient (Wildman–Crippen LogP) is 1.15. The summed E-state index contributed by atoms with van der Waals surface area (Å²) in [6.07, 6.45) is 0. The van der Waals surface area contributed by atoms with Gasteiger partial charge in [0.1, 0.15) is 0 Å². The van der Waals surface area contributed by atoms with Crippen LogP contribution in [-0.2, 0) is 4.79 Å². The highest BCUT2D eigenvalue weighted by atomic mass is 16.6. The lowest BCUT2D eigenvalue weighted by atomic mass is 10.0. The Labute approximate surface area is 119 Å². The van der Waals surface area contributed by atoms with E-state index in [0.717, 1.165) is 0 Å². The number of benzene rings is 1. The van der Waals surface area contributed by atoms with Crippen molar-refractivity contribution in [1.82, 2.24) is 4.90 Å². The lowest BCUT2D eigenvalue weighted by molar-refractivity contribution is -0.385. The van der Waals surface area contributed by atoms with Gasteiger partial charge < -0.3 is 20.1 Å². The van der Waals surface area contributed by atoms with Gasteiger partial charge in [0, 0.05) is 24.8 Å². The summed E-state index contributed by atoms with van der Waals surface area (Å²) < 4.78 is 4.86. The number of nitrogens with zero attached hydrogens (tertiary/aromatic N) is 2. The van der Waals surface area contributed by atoms with Crippen LogP contribution in [-0.4, -0.2) is 47.1 Å². The number of hydrogen-bond acceptors (Lipinski definition) is 5. The molecule has 1 heterocycles. The first-order chi connectivity index (χ1) is 9.92. The second kappa shape index (κ2) is 5.65. The molecular formula is C12H13N3O6. The third kappa shape index (κ3) is 3.02. The van der Waals surface area contributed by atoms with Gasteiger partial charge in [-0.2, -0.15) is 0 Å². The van der Waals surface area contributed by atoms with Gasteiger partial charge in [0.15, 0.2) is 5.75 Å². The molecule has 2 rings (SSSR count). The molecule has 0 aliphatic carbocycles. The van der Waals surface area contributed by atoms with Crippen molar-refractivity contribution >= 4 is 23.4 Å². The van der Waals surface area contributed by atoms with E-state index in [-0.39, 0.29) is 30.2 Å². The van der Waals surface area contributed by atoms with Crippen LogP contribution in [0.5, 0.6) is 5.75 Å². The van der Waals surface area contributed by atoms with Crippen LogP contribution >= 0.6 is 0 Å². The van der Waals surface area contributed by atoms with E-state index < -0.39 is 22.8 Å². The number of carbonyl (C=O) groups excluding carboxylic acids is 1. The molecule has 1 aliphatic heterocycles. The Kier molecular flexibility index (Phi) is 3.92. The average Bonchev–Trinajstić information content (AvgIpc) is 2.36. The minimum absolute atomic E-state index is 0.0906. The highest BCUT2D eigenvalue weighted by molar-refractivity contribution is 5.91. The number of rotatable bonds is 4. The van der Waals surface area contributed by atoms with Gasteiger partial charge in [-0.05, 0) is 12.1 Å². The molecule has 1 aromatic rings. The number of nitro groups is 1. The Morgan fingerprint density at radius 2 is 2.14 bits per heavy atom. The van der Waals surface area contributed by atoms with Gasteiger partial charge in [0.05, 0.1) is 18.0 Å². The molecule has 2 amide bonds. The number of amides is 2. The van der Waals surface area contributed by atoms with Gasteiger partial charge in [-0.1, -0.05) is 0 Å². The minimum atomic E-state index is -0.945. The number of carbonyl (C=O) groups is 2. The number of nitrogens with one attached hydrogen (secondary N) is 1. The van der Waals surface area contributed by atoms with Gasteiger partial charge in [0.2, 0.25) is 0 Å². The first-order valence-corrected chi connectivity index (χ1v) is 6.03. The molecule has 1 aromatic carbocycles. The van der Waals surface area contributed by atoms with Crippen molar-refractivity contribution in [2.45, 2.75) is 0 Å². The van der Waals surface area contributed by atoms with Gasteiger partial charge in [0.25, 0.3) is 0 Å². The van der Waals surface area contributed by atoms with Crippen LogP contribution < -0.4 is 10.1 Å². The van der Waals surface area contributed by atoms with Crippen molar-refractivity contribution < 1.29 is 24.4 Å². The quantitative estimate of drug-likeness (QED) is 0.634. The van der Waals surface area contributed by atoms with E-state index in [9.17, 15) is 19.7 Å². The van der Waals surface area contributed by atoms with Gasteiger partial charge in [-0.3, -0.25) is 14.9 Å². The Bertz CT molecular complexity index is 597. The Balaban J connectivity index is 2.03. The molecule has 0 aromatic heterocycles. The third-order valence-electron chi connectivity index (χ3n) is 3.14. The lowest BCUT2D eigenvalue weighted by Gasteiger charge is -2.36. The molecule has 1 aliphatic rings. The number of carboxylic acid groups (broad SMARTS) is 1. The maximum Gasteiger partial charge on any atom is 0.321 e. The molecule has 0 spiro atoms. The average molecular weight is 295 g/mol. The van der Waals surface area contributed by atoms with Crippen LogP contribution in [0.1, 0.15) is 0 Å². The van der Waals surface area contributed by atoms with Crippen molar-refractivity contribution in [3.63, 3.8) is 0 Å². The summed E-state index contributed by atoms with van der Waals surface area (Å²) in [6.45, 7) is 0.249. The largest absolute Gasteiger partial charge is 0.490 e. The summed E-state index contributed by atoms with van der Waals surface area (Å²) in [4.78, 5) is 34.0. The SMILES string of the molecule is COc1ccc(NC(=O)N2CC(C(=O)O)C2)cc1[N+](=O)[O-]. The number of methoxy groups -OCH3 is 1. The Morgan fingerprint density at radius 1 is 1.48 bits per heavy atom. The number of ether oxygens (including phenoxy) is 1. The monoisotopic (exact) mass is 295 g/mol. The zero-order valence-electron chi connectivity index (χ0n) is 11.1. The lowest BCUT2D eigenvalue weighted by Crippen LogP contribution is -2.54. The van der Waals surface area contributed by atoms with Gasteiger partial charge in [-0.15, -0.1) is 0 Å². The fourth-order valence-electron chi connectivity index (χ4n) is 1.91. The molecule has 21 heavy (non-hydrogen) atoms. The second-order valence-electron chi connectivity index (χ2n) is 4.51. The first-order valence-electron chi connectivity index (χ1n) is 6.03. The van der Waals surface area contributed by atoms with E-state index in [1.54, 1.807) is 0 Å². The summed E-state index contributed by atoms with van der Waals surface area (Å²) in [5.74, 6) is -1.41. The molecule has 0 saturated carbocycles. The fraction of sp³-hybridized carbons (Fsp3) is 0.333. The summed E-state index contributed by atoms with van der Waals surface area (Å²) in [6, 6.07) is 3.54. The summed E-state index contributed by atoms with van der Waals surface area (Å²) in [5, 5.41) is 22.1. The van der Waals surface area contributed by atoms with E-state index in [1.165, 1.54) is 30.2 Å². The molecule has 9 nitrogen and oxygen atoms in total. The maximum absolute atomic E-state index is 11.8. The van der Waals surface area contributed by atoms with Crippen molar-refractivity contribution in [2.24, 2.45) is 5.92 Å². The topological polar surface area (TPSA) is 122 Å². The van der Waals surface area contributed by atoms with E-state index in [2.05, 4.69) is 5.32 Å². The molecule has 0 radical (unpaired) electrons. The molecule has 2 N–H and O–H groups in total. The van der Waals surface area contributed by atoms with Crippen molar-refractivity contribution in [3.05, 3.63) is 28.3 Å². The van der Waals surface area contributed by atoms with Crippen molar-refractivity contribution in [3.8, 4) is 5.75 Å². The van der Waals surface area contributed by atoms with Gasteiger partial charge in [-0.25, -0.2) is 4.79 Å². The van der Waals surface area contributed by atoms with Crippen LogP contribution in [0.2, 0.25) is 0 Å². The van der Waals surface area contributed by atoms with Crippen LogP contribution in [0.4, 0.5) is 16.2 Å². The molecular weight excluding hydrogens is 282 g/mol. The van der Waals surface area contributed by atoms with Crippen LogP contribution in [0, 0.1) is 16.0 Å². The van der Waals surface area contributed by atoms with Crippen molar-refractivity contribution in [1.29, 1.82) is 0 Å². The highest BCUT2D eigenvalue weighted by Crippen LogP contribution is 2.30. The number of aliphatic carboxylic acids is 1. The first kappa shape index (κ1) is 14.6. The Morgan fingerprint density at radius 3 is 2.67 bits per heavy atom. The zero-order chi connectivity index (χ0) is 15.6. The van der Waals surface area contributed by atoms with E-state index >= 15 is 0 Å². The molecule has 1 fully saturated rings. The highest BCUT2D eigenvalue weighted by Gasteiger charge is 2.35. The van der Waals surface area contributed by atoms with E-state index in [0.29, 0.717) is 0 Å².